The van der Waals surface area contributed by atoms with Crippen LogP contribution in [0, 0.1) is 0 Å². The lowest BCUT2D eigenvalue weighted by atomic mass is 9.75. The quantitative estimate of drug-likeness (QED) is 0.269. The van der Waals surface area contributed by atoms with E-state index in [-0.39, 0.29) is 18.1 Å². The largest absolute Gasteiger partial charge is 0.444 e. The summed E-state index contributed by atoms with van der Waals surface area (Å²) in [6.45, 7) is 8.91. The highest BCUT2D eigenvalue weighted by molar-refractivity contribution is 7.97. The first kappa shape index (κ1) is 26.9. The van der Waals surface area contributed by atoms with Gasteiger partial charge in [0.1, 0.15) is 5.60 Å². The molecule has 0 aliphatic heterocycles. The highest BCUT2D eigenvalue weighted by Crippen LogP contribution is 2.36. The molecule has 2 N–H and O–H groups in total. The maximum absolute atomic E-state index is 12.6. The molecular formula is C28H39ClN2O2S. The number of ether oxygens (including phenoxy) is 1. The average Bonchev–Trinajstić information content (AvgIpc) is 2.78. The molecule has 1 aliphatic carbocycles. The van der Waals surface area contributed by atoms with Crippen LogP contribution in [0.3, 0.4) is 0 Å². The minimum Gasteiger partial charge on any atom is -0.444 e. The van der Waals surface area contributed by atoms with Crippen molar-refractivity contribution in [2.24, 2.45) is 0 Å². The van der Waals surface area contributed by atoms with Crippen LogP contribution in [-0.2, 0) is 24.0 Å². The van der Waals surface area contributed by atoms with Crippen molar-refractivity contribution in [1.29, 1.82) is 0 Å². The van der Waals surface area contributed by atoms with Crippen LogP contribution >= 0.6 is 23.5 Å². The van der Waals surface area contributed by atoms with Crippen LogP contribution in [0.15, 0.2) is 42.5 Å². The monoisotopic (exact) mass is 502 g/mol. The van der Waals surface area contributed by atoms with Crippen LogP contribution in [0.1, 0.15) is 75.1 Å². The number of aryl methyl sites for hydroxylation is 2. The molecule has 0 heterocycles. The average molecular weight is 503 g/mol. The first-order valence-electron chi connectivity index (χ1n) is 12.5. The minimum absolute atomic E-state index is 0.0281. The Morgan fingerprint density at radius 1 is 1.15 bits per heavy atom. The van der Waals surface area contributed by atoms with Crippen LogP contribution in [0.2, 0.25) is 5.02 Å². The van der Waals surface area contributed by atoms with E-state index >= 15 is 0 Å². The second kappa shape index (κ2) is 12.9. The number of nitrogens with one attached hydrogen (secondary N) is 2. The summed E-state index contributed by atoms with van der Waals surface area (Å²) in [5.74, 6) is 1.34. The predicted octanol–water partition coefficient (Wildman–Crippen LogP) is 7.09. The van der Waals surface area contributed by atoms with Gasteiger partial charge in [-0.1, -0.05) is 60.8 Å². The molecule has 2 aromatic carbocycles. The number of fused-ring (bicyclic) bond motifs is 1. The Labute approximate surface area is 214 Å². The second-order valence-electron chi connectivity index (χ2n) is 10.1. The maximum atomic E-state index is 12.6. The summed E-state index contributed by atoms with van der Waals surface area (Å²) in [4.78, 5) is 12.6. The maximum Gasteiger partial charge on any atom is 0.407 e. The van der Waals surface area contributed by atoms with Crippen molar-refractivity contribution >= 4 is 29.6 Å². The zero-order chi connectivity index (χ0) is 24.6. The van der Waals surface area contributed by atoms with E-state index in [0.717, 1.165) is 49.4 Å². The Balaban J connectivity index is 1.77. The van der Waals surface area contributed by atoms with Gasteiger partial charge in [-0.05, 0) is 93.7 Å². The topological polar surface area (TPSA) is 50.4 Å². The van der Waals surface area contributed by atoms with E-state index in [1.807, 2.05) is 44.9 Å². The first-order chi connectivity index (χ1) is 16.2. The van der Waals surface area contributed by atoms with Gasteiger partial charge in [-0.3, -0.25) is 4.72 Å². The standard InChI is InChI=1S/C28H39ClN2O2S/c1-5-17-34-30-16-6-7-20-8-11-22-12-15-26(31-27(32)33-28(2,3)4)25(24(22)18-20)19-21-9-13-23(29)14-10-21/h8-11,13-14,18,25-26,30H,5-7,12,15-17,19H2,1-4H3,(H,31,32). The van der Waals surface area contributed by atoms with Gasteiger partial charge in [0.25, 0.3) is 0 Å². The number of amides is 1. The van der Waals surface area contributed by atoms with E-state index < -0.39 is 5.60 Å². The van der Waals surface area contributed by atoms with E-state index in [1.165, 1.54) is 28.7 Å². The summed E-state index contributed by atoms with van der Waals surface area (Å²) in [5.41, 5.74) is 4.81. The molecule has 2 atom stereocenters. The van der Waals surface area contributed by atoms with Crippen LogP contribution < -0.4 is 10.0 Å². The zero-order valence-corrected chi connectivity index (χ0v) is 22.5. The number of halogens is 1. The van der Waals surface area contributed by atoms with Gasteiger partial charge in [0.05, 0.1) is 0 Å². The molecule has 0 saturated heterocycles. The van der Waals surface area contributed by atoms with Crippen LogP contribution in [0.4, 0.5) is 4.79 Å². The van der Waals surface area contributed by atoms with Crippen molar-refractivity contribution in [2.75, 3.05) is 12.3 Å². The van der Waals surface area contributed by atoms with Crippen molar-refractivity contribution in [2.45, 2.75) is 83.8 Å². The fraction of sp³-hybridized carbons (Fsp3) is 0.536. The van der Waals surface area contributed by atoms with Crippen LogP contribution in [0.5, 0.6) is 0 Å². The molecule has 2 unspecified atom stereocenters. The third-order valence-corrected chi connectivity index (χ3v) is 7.32. The molecule has 0 saturated carbocycles. The molecule has 0 spiro atoms. The van der Waals surface area contributed by atoms with Crippen LogP contribution in [0.25, 0.3) is 0 Å². The number of rotatable bonds is 10. The van der Waals surface area contributed by atoms with E-state index in [0.29, 0.717) is 0 Å². The van der Waals surface area contributed by atoms with E-state index in [1.54, 1.807) is 0 Å². The second-order valence-corrected chi connectivity index (χ2v) is 11.5. The summed E-state index contributed by atoms with van der Waals surface area (Å²) in [6, 6.07) is 15.0. The third-order valence-electron chi connectivity index (χ3n) is 6.04. The molecule has 0 bridgehead atoms. The first-order valence-corrected chi connectivity index (χ1v) is 13.8. The summed E-state index contributed by atoms with van der Waals surface area (Å²) >= 11 is 7.94. The molecule has 186 valence electrons. The number of alkyl carbamates (subject to hydrolysis) is 1. The van der Waals surface area contributed by atoms with Gasteiger partial charge in [0, 0.05) is 29.3 Å². The molecule has 0 fully saturated rings. The molecule has 1 aliphatic rings. The fourth-order valence-corrected chi connectivity index (χ4v) is 5.23. The van der Waals surface area contributed by atoms with Gasteiger partial charge < -0.3 is 10.1 Å². The van der Waals surface area contributed by atoms with E-state index in [4.69, 9.17) is 16.3 Å². The van der Waals surface area contributed by atoms with Gasteiger partial charge >= 0.3 is 6.09 Å². The Bertz CT molecular complexity index is 927. The lowest BCUT2D eigenvalue weighted by Gasteiger charge is -2.35. The van der Waals surface area contributed by atoms with E-state index in [9.17, 15) is 4.79 Å². The lowest BCUT2D eigenvalue weighted by Crippen LogP contribution is -2.44. The Hall–Kier alpha value is -1.69. The van der Waals surface area contributed by atoms with Gasteiger partial charge in [0.15, 0.2) is 0 Å². The van der Waals surface area contributed by atoms with E-state index in [2.05, 4.69) is 47.3 Å². The normalized spacial score (nSPS) is 17.8. The molecule has 1 amide bonds. The van der Waals surface area contributed by atoms with Crippen molar-refractivity contribution in [3.63, 3.8) is 0 Å². The van der Waals surface area contributed by atoms with Gasteiger partial charge in [0.2, 0.25) is 0 Å². The summed E-state index contributed by atoms with van der Waals surface area (Å²) < 4.78 is 9.04. The summed E-state index contributed by atoms with van der Waals surface area (Å²) in [5, 5.41) is 3.93. The van der Waals surface area contributed by atoms with Gasteiger partial charge in [-0.15, -0.1) is 0 Å². The predicted molar refractivity (Wildman–Crippen MR) is 145 cm³/mol. The molecule has 3 rings (SSSR count). The number of hydrogen-bond acceptors (Lipinski definition) is 4. The smallest absolute Gasteiger partial charge is 0.407 e. The third kappa shape index (κ3) is 8.51. The molecule has 4 nitrogen and oxygen atoms in total. The number of carbonyl (C=O) groups excluding carboxylic acids is 1. The van der Waals surface area contributed by atoms with Crippen molar-refractivity contribution in [1.82, 2.24) is 10.0 Å². The summed E-state index contributed by atoms with van der Waals surface area (Å²) in [7, 11) is 0. The van der Waals surface area contributed by atoms with Crippen LogP contribution in [-0.4, -0.2) is 30.0 Å². The molecule has 2 aromatic rings. The molecule has 0 radical (unpaired) electrons. The molecule has 6 heteroatoms. The summed E-state index contributed by atoms with van der Waals surface area (Å²) in [6.07, 6.45) is 5.72. The van der Waals surface area contributed by atoms with Crippen molar-refractivity contribution in [3.05, 3.63) is 69.7 Å². The Kier molecular flexibility index (Phi) is 10.2. The molecule has 0 aromatic heterocycles. The Morgan fingerprint density at radius 2 is 1.88 bits per heavy atom. The highest BCUT2D eigenvalue weighted by Gasteiger charge is 2.32. The molecular weight excluding hydrogens is 464 g/mol. The van der Waals surface area contributed by atoms with Gasteiger partial charge in [-0.2, -0.15) is 0 Å². The van der Waals surface area contributed by atoms with Crippen molar-refractivity contribution in [3.8, 4) is 0 Å². The minimum atomic E-state index is -0.515. The van der Waals surface area contributed by atoms with Crippen molar-refractivity contribution < 1.29 is 9.53 Å². The number of hydrogen-bond donors (Lipinski definition) is 2. The van der Waals surface area contributed by atoms with Gasteiger partial charge in [-0.25, -0.2) is 4.79 Å². The SMILES string of the molecule is CCCSNCCCc1ccc2c(c1)C(Cc1ccc(Cl)cc1)C(NC(=O)OC(C)(C)C)CC2. The highest BCUT2D eigenvalue weighted by atomic mass is 35.5. The Morgan fingerprint density at radius 3 is 2.59 bits per heavy atom. The number of carbonyl (C=O) groups is 1. The zero-order valence-electron chi connectivity index (χ0n) is 21.0. The lowest BCUT2D eigenvalue weighted by molar-refractivity contribution is 0.0491. The molecule has 34 heavy (non-hydrogen) atoms. The number of benzene rings is 2. The fourth-order valence-electron chi connectivity index (χ4n) is 4.47.